The maximum Gasteiger partial charge on any atom is 0.240 e. The molecule has 2 aromatic carbocycles. The molecule has 0 aliphatic heterocycles. The molecule has 0 saturated heterocycles. The summed E-state index contributed by atoms with van der Waals surface area (Å²) in [6.07, 6.45) is 0. The molecule has 2 aromatic rings. The average molecular weight is 313 g/mol. The van der Waals surface area contributed by atoms with Gasteiger partial charge in [-0.2, -0.15) is 0 Å². The molecule has 0 aromatic heterocycles. The van der Waals surface area contributed by atoms with E-state index in [2.05, 4.69) is 4.72 Å². The predicted octanol–water partition coefficient (Wildman–Crippen LogP) is 2.32. The second-order valence-corrected chi connectivity index (χ2v) is 5.90. The van der Waals surface area contributed by atoms with E-state index < -0.39 is 21.7 Å². The Morgan fingerprint density at radius 1 is 1.05 bits per heavy atom. The van der Waals surface area contributed by atoms with Crippen LogP contribution in [0.5, 0.6) is 5.75 Å². The molecule has 0 aliphatic carbocycles. The lowest BCUT2D eigenvalue weighted by atomic mass is 10.3. The van der Waals surface area contributed by atoms with Gasteiger partial charge in [0.2, 0.25) is 10.0 Å². The molecule has 0 heterocycles. The standard InChI is InChI=1S/C14H13F2NO3S/c15-11-6-7-14(13(16)10-11)20-9-8-17-21(18,19)12-4-2-1-3-5-12/h1-7,10,17H,8-9H2. The van der Waals surface area contributed by atoms with Gasteiger partial charge in [-0.05, 0) is 24.3 Å². The molecular formula is C14H13F2NO3S. The van der Waals surface area contributed by atoms with Gasteiger partial charge in [-0.3, -0.25) is 0 Å². The highest BCUT2D eigenvalue weighted by Gasteiger charge is 2.12. The first kappa shape index (κ1) is 15.4. The summed E-state index contributed by atoms with van der Waals surface area (Å²) in [7, 11) is -3.62. The zero-order chi connectivity index (χ0) is 15.3. The van der Waals surface area contributed by atoms with Crippen LogP contribution in [0.1, 0.15) is 0 Å². The van der Waals surface area contributed by atoms with Gasteiger partial charge >= 0.3 is 0 Å². The number of nitrogens with one attached hydrogen (secondary N) is 1. The smallest absolute Gasteiger partial charge is 0.240 e. The van der Waals surface area contributed by atoms with Gasteiger partial charge < -0.3 is 4.74 Å². The van der Waals surface area contributed by atoms with E-state index in [1.54, 1.807) is 18.2 Å². The summed E-state index contributed by atoms with van der Waals surface area (Å²) in [4.78, 5) is 0.137. The summed E-state index contributed by atoms with van der Waals surface area (Å²) < 4.78 is 57.1. The summed E-state index contributed by atoms with van der Waals surface area (Å²) >= 11 is 0. The largest absolute Gasteiger partial charge is 0.489 e. The molecule has 0 unspecified atom stereocenters. The van der Waals surface area contributed by atoms with Crippen LogP contribution in [0.3, 0.4) is 0 Å². The summed E-state index contributed by atoms with van der Waals surface area (Å²) in [6.45, 7) is -0.108. The lowest BCUT2D eigenvalue weighted by Gasteiger charge is -2.09. The van der Waals surface area contributed by atoms with Crippen molar-refractivity contribution in [1.82, 2.24) is 4.72 Å². The van der Waals surface area contributed by atoms with E-state index in [1.807, 2.05) is 0 Å². The van der Waals surface area contributed by atoms with Crippen LogP contribution in [0.15, 0.2) is 53.4 Å². The van der Waals surface area contributed by atoms with Crippen molar-refractivity contribution >= 4 is 10.0 Å². The van der Waals surface area contributed by atoms with Crippen LogP contribution >= 0.6 is 0 Å². The van der Waals surface area contributed by atoms with Gasteiger partial charge in [-0.15, -0.1) is 0 Å². The van der Waals surface area contributed by atoms with E-state index in [1.165, 1.54) is 12.1 Å². The molecule has 0 aliphatic rings. The van der Waals surface area contributed by atoms with Crippen molar-refractivity contribution in [3.05, 3.63) is 60.2 Å². The minimum Gasteiger partial charge on any atom is -0.489 e. The van der Waals surface area contributed by atoms with Crippen molar-refractivity contribution < 1.29 is 21.9 Å². The van der Waals surface area contributed by atoms with E-state index in [0.29, 0.717) is 6.07 Å². The minimum absolute atomic E-state index is 0.0337. The summed E-state index contributed by atoms with van der Waals surface area (Å²) in [5.74, 6) is -1.67. The molecule has 112 valence electrons. The van der Waals surface area contributed by atoms with E-state index >= 15 is 0 Å². The Kier molecular flexibility index (Phi) is 4.87. The summed E-state index contributed by atoms with van der Waals surface area (Å²) in [5.41, 5.74) is 0. The fraction of sp³-hybridized carbons (Fsp3) is 0.143. The Bertz CT molecular complexity index is 705. The van der Waals surface area contributed by atoms with Crippen molar-refractivity contribution in [2.75, 3.05) is 13.2 Å². The zero-order valence-corrected chi connectivity index (χ0v) is 11.7. The van der Waals surface area contributed by atoms with Gasteiger partial charge in [0.1, 0.15) is 12.4 Å². The van der Waals surface area contributed by atoms with Crippen LogP contribution in [0, 0.1) is 11.6 Å². The number of halogens is 2. The highest BCUT2D eigenvalue weighted by atomic mass is 32.2. The maximum atomic E-state index is 13.3. The Hall–Kier alpha value is -1.99. The van der Waals surface area contributed by atoms with Crippen molar-refractivity contribution in [3.63, 3.8) is 0 Å². The zero-order valence-electron chi connectivity index (χ0n) is 10.9. The normalized spacial score (nSPS) is 11.3. The van der Waals surface area contributed by atoms with Gasteiger partial charge in [0, 0.05) is 12.6 Å². The van der Waals surface area contributed by atoms with Gasteiger partial charge in [-0.25, -0.2) is 21.9 Å². The summed E-state index contributed by atoms with van der Waals surface area (Å²) in [5, 5.41) is 0. The number of hydrogen-bond donors (Lipinski definition) is 1. The van der Waals surface area contributed by atoms with Crippen LogP contribution in [0.2, 0.25) is 0 Å². The molecule has 1 N–H and O–H groups in total. The molecule has 4 nitrogen and oxygen atoms in total. The lowest BCUT2D eigenvalue weighted by molar-refractivity contribution is 0.305. The quantitative estimate of drug-likeness (QED) is 0.833. The Balaban J connectivity index is 1.87. The van der Waals surface area contributed by atoms with E-state index in [0.717, 1.165) is 12.1 Å². The molecule has 0 fully saturated rings. The van der Waals surface area contributed by atoms with E-state index in [4.69, 9.17) is 4.74 Å². The maximum absolute atomic E-state index is 13.3. The minimum atomic E-state index is -3.62. The van der Waals surface area contributed by atoms with Crippen LogP contribution in [0.25, 0.3) is 0 Å². The van der Waals surface area contributed by atoms with E-state index in [9.17, 15) is 17.2 Å². The molecule has 0 saturated carbocycles. The summed E-state index contributed by atoms with van der Waals surface area (Å²) in [6, 6.07) is 10.8. The number of hydrogen-bond acceptors (Lipinski definition) is 3. The van der Waals surface area contributed by atoms with Crippen molar-refractivity contribution in [2.45, 2.75) is 4.90 Å². The molecular weight excluding hydrogens is 300 g/mol. The van der Waals surface area contributed by atoms with Crippen LogP contribution in [-0.2, 0) is 10.0 Å². The lowest BCUT2D eigenvalue weighted by Crippen LogP contribution is -2.28. The van der Waals surface area contributed by atoms with Gasteiger partial charge in [0.05, 0.1) is 4.90 Å². The van der Waals surface area contributed by atoms with Gasteiger partial charge in [0.15, 0.2) is 11.6 Å². The number of ether oxygens (including phenoxy) is 1. The molecule has 0 bridgehead atoms. The third kappa shape index (κ3) is 4.24. The predicted molar refractivity (Wildman–Crippen MR) is 73.5 cm³/mol. The Morgan fingerprint density at radius 2 is 1.76 bits per heavy atom. The first-order chi connectivity index (χ1) is 9.99. The SMILES string of the molecule is O=S(=O)(NCCOc1ccc(F)cc1F)c1ccccc1. The Labute approximate surface area is 121 Å². The number of benzene rings is 2. The highest BCUT2D eigenvalue weighted by Crippen LogP contribution is 2.17. The third-order valence-corrected chi connectivity index (χ3v) is 4.08. The Morgan fingerprint density at radius 3 is 2.43 bits per heavy atom. The van der Waals surface area contributed by atoms with Gasteiger partial charge in [-0.1, -0.05) is 18.2 Å². The van der Waals surface area contributed by atoms with Crippen LogP contribution in [-0.4, -0.2) is 21.6 Å². The molecule has 21 heavy (non-hydrogen) atoms. The fourth-order valence-electron chi connectivity index (χ4n) is 1.61. The van der Waals surface area contributed by atoms with Crippen molar-refractivity contribution in [3.8, 4) is 5.75 Å². The number of sulfonamides is 1. The topological polar surface area (TPSA) is 55.4 Å². The van der Waals surface area contributed by atoms with Crippen molar-refractivity contribution in [1.29, 1.82) is 0 Å². The molecule has 0 spiro atoms. The molecule has 0 radical (unpaired) electrons. The molecule has 0 amide bonds. The first-order valence-electron chi connectivity index (χ1n) is 6.11. The fourth-order valence-corrected chi connectivity index (χ4v) is 2.65. The highest BCUT2D eigenvalue weighted by molar-refractivity contribution is 7.89. The second-order valence-electron chi connectivity index (χ2n) is 4.13. The van der Waals surface area contributed by atoms with Crippen molar-refractivity contribution in [2.24, 2.45) is 0 Å². The van der Waals surface area contributed by atoms with Crippen LogP contribution < -0.4 is 9.46 Å². The van der Waals surface area contributed by atoms with E-state index in [-0.39, 0.29) is 23.8 Å². The first-order valence-corrected chi connectivity index (χ1v) is 7.60. The van der Waals surface area contributed by atoms with Crippen LogP contribution in [0.4, 0.5) is 8.78 Å². The molecule has 7 heteroatoms. The second kappa shape index (κ2) is 6.64. The third-order valence-electron chi connectivity index (χ3n) is 2.60. The monoisotopic (exact) mass is 313 g/mol. The number of rotatable bonds is 6. The molecule has 2 rings (SSSR count). The van der Waals surface area contributed by atoms with Gasteiger partial charge in [0.25, 0.3) is 0 Å². The average Bonchev–Trinajstić information content (AvgIpc) is 2.46. The molecule has 0 atom stereocenters.